The summed E-state index contributed by atoms with van der Waals surface area (Å²) in [6, 6.07) is 7.80. The van der Waals surface area contributed by atoms with Gasteiger partial charge in [0.05, 0.1) is 0 Å². The zero-order valence-corrected chi connectivity index (χ0v) is 14.4. The Morgan fingerprint density at radius 3 is 2.38 bits per heavy atom. The van der Waals surface area contributed by atoms with Crippen molar-refractivity contribution in [1.29, 1.82) is 0 Å². The molecule has 0 heterocycles. The van der Waals surface area contributed by atoms with Crippen molar-refractivity contribution in [1.82, 2.24) is 5.32 Å². The molecule has 1 saturated carbocycles. The lowest BCUT2D eigenvalue weighted by atomic mass is 9.93. The molecule has 1 N–H and O–H groups in total. The zero-order valence-electron chi connectivity index (χ0n) is 14.4. The lowest BCUT2D eigenvalue weighted by molar-refractivity contribution is 0.410. The molecule has 0 saturated heterocycles. The maximum atomic E-state index is 3.85. The summed E-state index contributed by atoms with van der Waals surface area (Å²) in [5.74, 6) is 0.732. The van der Waals surface area contributed by atoms with Crippen LogP contribution in [0.25, 0.3) is 0 Å². The van der Waals surface area contributed by atoms with Crippen molar-refractivity contribution in [3.63, 3.8) is 0 Å². The Morgan fingerprint density at radius 2 is 1.76 bits per heavy atom. The number of aryl methyl sites for hydroxylation is 2. The van der Waals surface area contributed by atoms with Gasteiger partial charge in [-0.15, -0.1) is 0 Å². The lowest BCUT2D eigenvalue weighted by Crippen LogP contribution is -2.26. The van der Waals surface area contributed by atoms with Gasteiger partial charge in [-0.05, 0) is 65.7 Å². The van der Waals surface area contributed by atoms with Crippen molar-refractivity contribution >= 4 is 0 Å². The molecule has 0 radical (unpaired) electrons. The Hall–Kier alpha value is -0.820. The third kappa shape index (κ3) is 2.34. The van der Waals surface area contributed by atoms with Crippen molar-refractivity contribution < 1.29 is 0 Å². The maximum Gasteiger partial charge on any atom is 0.0359 e. The van der Waals surface area contributed by atoms with E-state index in [-0.39, 0.29) is 0 Å². The monoisotopic (exact) mass is 285 g/mol. The molecule has 21 heavy (non-hydrogen) atoms. The van der Waals surface area contributed by atoms with Crippen LogP contribution in [0.1, 0.15) is 70.2 Å². The molecule has 0 spiro atoms. The van der Waals surface area contributed by atoms with E-state index in [0.29, 0.717) is 16.9 Å². The van der Waals surface area contributed by atoms with Crippen LogP contribution in [0.2, 0.25) is 0 Å². The van der Waals surface area contributed by atoms with E-state index in [4.69, 9.17) is 0 Å². The average Bonchev–Trinajstić information content (AvgIpc) is 2.81. The van der Waals surface area contributed by atoms with E-state index in [9.17, 15) is 0 Å². The molecule has 1 nitrogen and oxygen atoms in total. The molecular formula is C20H31N. The van der Waals surface area contributed by atoms with Crippen molar-refractivity contribution in [2.45, 2.75) is 66.3 Å². The summed E-state index contributed by atoms with van der Waals surface area (Å²) >= 11 is 0. The molecule has 0 amide bonds. The quantitative estimate of drug-likeness (QED) is 0.811. The van der Waals surface area contributed by atoms with Crippen molar-refractivity contribution in [2.24, 2.45) is 16.7 Å². The van der Waals surface area contributed by atoms with Gasteiger partial charge in [-0.1, -0.05) is 52.8 Å². The molecule has 2 aliphatic carbocycles. The minimum absolute atomic E-state index is 0.428. The van der Waals surface area contributed by atoms with E-state index in [1.807, 2.05) is 0 Å². The molecule has 3 rings (SSSR count). The van der Waals surface area contributed by atoms with Crippen LogP contribution in [-0.2, 0) is 12.8 Å². The number of hydrogen-bond donors (Lipinski definition) is 1. The summed E-state index contributed by atoms with van der Waals surface area (Å²) in [5, 5.41) is 3.85. The van der Waals surface area contributed by atoms with Crippen LogP contribution >= 0.6 is 0 Å². The third-order valence-corrected chi connectivity index (χ3v) is 6.56. The fourth-order valence-corrected chi connectivity index (χ4v) is 4.59. The Balaban J connectivity index is 1.90. The van der Waals surface area contributed by atoms with Gasteiger partial charge in [-0.3, -0.25) is 0 Å². The summed E-state index contributed by atoms with van der Waals surface area (Å²) in [6.45, 7) is 13.1. The molecule has 1 aromatic carbocycles. The number of fused-ring (bicyclic) bond motifs is 1. The summed E-state index contributed by atoms with van der Waals surface area (Å²) in [7, 11) is 0. The molecule has 116 valence electrons. The van der Waals surface area contributed by atoms with E-state index >= 15 is 0 Å². The molecule has 1 aromatic rings. The molecule has 1 fully saturated rings. The minimum Gasteiger partial charge on any atom is -0.310 e. The summed E-state index contributed by atoms with van der Waals surface area (Å²) < 4.78 is 0. The Morgan fingerprint density at radius 1 is 1.10 bits per heavy atom. The Bertz CT molecular complexity index is 513. The van der Waals surface area contributed by atoms with Crippen LogP contribution in [0.15, 0.2) is 18.2 Å². The first-order valence-corrected chi connectivity index (χ1v) is 8.74. The van der Waals surface area contributed by atoms with Gasteiger partial charge in [0.25, 0.3) is 0 Å². The summed E-state index contributed by atoms with van der Waals surface area (Å²) in [5.41, 5.74) is 5.57. The predicted octanol–water partition coefficient (Wildman–Crippen LogP) is 4.90. The molecule has 2 aliphatic rings. The average molecular weight is 285 g/mol. The van der Waals surface area contributed by atoms with Gasteiger partial charge in [-0.25, -0.2) is 0 Å². The first kappa shape index (κ1) is 15.1. The number of hydrogen-bond acceptors (Lipinski definition) is 1. The van der Waals surface area contributed by atoms with E-state index in [2.05, 4.69) is 58.1 Å². The number of nitrogens with one attached hydrogen (secondary N) is 1. The largest absolute Gasteiger partial charge is 0.310 e. The third-order valence-electron chi connectivity index (χ3n) is 6.56. The summed E-state index contributed by atoms with van der Waals surface area (Å²) in [4.78, 5) is 0. The highest BCUT2D eigenvalue weighted by Gasteiger charge is 2.67. The van der Waals surface area contributed by atoms with E-state index < -0.39 is 0 Å². The van der Waals surface area contributed by atoms with Crippen LogP contribution < -0.4 is 5.32 Å². The van der Waals surface area contributed by atoms with Gasteiger partial charge in [-0.2, -0.15) is 0 Å². The second-order valence-corrected chi connectivity index (χ2v) is 8.23. The van der Waals surface area contributed by atoms with Gasteiger partial charge < -0.3 is 5.32 Å². The van der Waals surface area contributed by atoms with Crippen LogP contribution in [0.3, 0.4) is 0 Å². The van der Waals surface area contributed by atoms with Crippen molar-refractivity contribution in [3.05, 3.63) is 34.9 Å². The second kappa shape index (κ2) is 5.12. The molecule has 0 bridgehead atoms. The second-order valence-electron chi connectivity index (χ2n) is 8.23. The highest BCUT2D eigenvalue weighted by molar-refractivity contribution is 5.38. The Kier molecular flexibility index (Phi) is 3.68. The highest BCUT2D eigenvalue weighted by Crippen LogP contribution is 2.72. The molecule has 0 aliphatic heterocycles. The van der Waals surface area contributed by atoms with Crippen LogP contribution in [-0.4, -0.2) is 6.54 Å². The first-order valence-electron chi connectivity index (χ1n) is 8.74. The molecular weight excluding hydrogens is 254 g/mol. The minimum atomic E-state index is 0.428. The smallest absolute Gasteiger partial charge is 0.0359 e. The molecule has 1 heteroatoms. The topological polar surface area (TPSA) is 12.0 Å². The van der Waals surface area contributed by atoms with Gasteiger partial charge >= 0.3 is 0 Å². The SMILES string of the molecule is CCCNC(c1ccc2c(c1)CCC2)C1C(C)(C)C1(C)C. The van der Waals surface area contributed by atoms with Gasteiger partial charge in [0.2, 0.25) is 0 Å². The molecule has 1 atom stereocenters. The Labute approximate surface area is 130 Å². The predicted molar refractivity (Wildman–Crippen MR) is 90.6 cm³/mol. The van der Waals surface area contributed by atoms with E-state index in [1.165, 1.54) is 31.2 Å². The fourth-order valence-electron chi connectivity index (χ4n) is 4.59. The van der Waals surface area contributed by atoms with E-state index in [0.717, 1.165) is 12.5 Å². The van der Waals surface area contributed by atoms with Crippen LogP contribution in [0, 0.1) is 16.7 Å². The number of rotatable bonds is 5. The number of benzene rings is 1. The van der Waals surface area contributed by atoms with Gasteiger partial charge in [0.15, 0.2) is 0 Å². The first-order chi connectivity index (χ1) is 9.89. The lowest BCUT2D eigenvalue weighted by Gasteiger charge is -2.22. The van der Waals surface area contributed by atoms with Crippen molar-refractivity contribution in [3.8, 4) is 0 Å². The summed E-state index contributed by atoms with van der Waals surface area (Å²) in [6.07, 6.45) is 5.10. The maximum absolute atomic E-state index is 3.85. The van der Waals surface area contributed by atoms with Gasteiger partial charge in [0, 0.05) is 6.04 Å². The zero-order chi connectivity index (χ0) is 15.3. The van der Waals surface area contributed by atoms with Crippen LogP contribution in [0.4, 0.5) is 0 Å². The molecule has 0 aromatic heterocycles. The van der Waals surface area contributed by atoms with Gasteiger partial charge in [0.1, 0.15) is 0 Å². The van der Waals surface area contributed by atoms with Crippen LogP contribution in [0.5, 0.6) is 0 Å². The highest BCUT2D eigenvalue weighted by atomic mass is 15.0. The van der Waals surface area contributed by atoms with Crippen molar-refractivity contribution in [2.75, 3.05) is 6.54 Å². The normalized spacial score (nSPS) is 23.9. The van der Waals surface area contributed by atoms with E-state index in [1.54, 1.807) is 11.1 Å². The fraction of sp³-hybridized carbons (Fsp3) is 0.700. The standard InChI is InChI=1S/C20H31N/c1-6-12-21-17(18-19(2,3)20(18,4)5)16-11-10-14-8-7-9-15(14)13-16/h10-11,13,17-18,21H,6-9,12H2,1-5H3. The molecule has 1 unspecified atom stereocenters.